The summed E-state index contributed by atoms with van der Waals surface area (Å²) in [6.07, 6.45) is -4.61. The summed E-state index contributed by atoms with van der Waals surface area (Å²) < 4.78 is 38.0. The normalized spacial score (nSPS) is 12.4. The van der Waals surface area contributed by atoms with Crippen LogP contribution in [0.15, 0.2) is 6.07 Å². The molecule has 0 bridgehead atoms. The van der Waals surface area contributed by atoms with E-state index in [1.165, 1.54) is 18.0 Å². The molecule has 0 atom stereocenters. The van der Waals surface area contributed by atoms with E-state index in [0.29, 0.717) is 0 Å². The van der Waals surface area contributed by atoms with Crippen molar-refractivity contribution in [3.05, 3.63) is 11.9 Å². The van der Waals surface area contributed by atoms with Crippen LogP contribution in [0.4, 0.5) is 24.8 Å². The maximum atomic E-state index is 12.7. The average Bonchev–Trinajstić information content (AvgIpc) is 2.25. The molecule has 1 rings (SSSR count). The van der Waals surface area contributed by atoms with Crippen LogP contribution in [0.3, 0.4) is 0 Å². The molecule has 0 radical (unpaired) electrons. The van der Waals surface area contributed by atoms with Gasteiger partial charge < -0.3 is 15.3 Å². The van der Waals surface area contributed by atoms with Gasteiger partial charge in [0.25, 0.3) is 0 Å². The highest BCUT2D eigenvalue weighted by molar-refractivity contribution is 5.49. The van der Waals surface area contributed by atoms with Crippen molar-refractivity contribution in [2.45, 2.75) is 25.6 Å². The number of aliphatic hydroxyl groups is 1. The number of rotatable bonds is 4. The molecule has 0 fully saturated rings. The van der Waals surface area contributed by atoms with Gasteiger partial charge in [0.1, 0.15) is 11.6 Å². The SMILES string of the molecule is CNc1cc(N(C)CC(C)(C)O)nc(C(F)(F)F)n1. The summed E-state index contributed by atoms with van der Waals surface area (Å²) >= 11 is 0. The molecule has 0 aromatic carbocycles. The molecule has 0 saturated heterocycles. The first kappa shape index (κ1) is 15.5. The number of nitrogens with one attached hydrogen (secondary N) is 1. The maximum Gasteiger partial charge on any atom is 0.451 e. The predicted molar refractivity (Wildman–Crippen MR) is 66.1 cm³/mol. The third kappa shape index (κ3) is 4.55. The summed E-state index contributed by atoms with van der Waals surface area (Å²) in [5.41, 5.74) is -1.04. The molecule has 2 N–H and O–H groups in total. The van der Waals surface area contributed by atoms with Gasteiger partial charge in [-0.1, -0.05) is 0 Å². The topological polar surface area (TPSA) is 61.3 Å². The van der Waals surface area contributed by atoms with Gasteiger partial charge in [0.15, 0.2) is 0 Å². The van der Waals surface area contributed by atoms with Crippen molar-refractivity contribution in [3.63, 3.8) is 0 Å². The second kappa shape index (κ2) is 5.20. The Morgan fingerprint density at radius 3 is 2.32 bits per heavy atom. The standard InChI is InChI=1S/C11H17F3N4O/c1-10(2,19)6-18(4)8-5-7(15-3)16-9(17-8)11(12,13)14/h5,19H,6H2,1-4H3,(H,15,16,17). The Kier molecular flexibility index (Phi) is 4.24. The number of likely N-dealkylation sites (N-methyl/N-ethyl adjacent to an activating group) is 1. The zero-order valence-electron chi connectivity index (χ0n) is 11.2. The van der Waals surface area contributed by atoms with Crippen LogP contribution < -0.4 is 10.2 Å². The van der Waals surface area contributed by atoms with Gasteiger partial charge >= 0.3 is 6.18 Å². The van der Waals surface area contributed by atoms with Crippen LogP contribution in [0.1, 0.15) is 19.7 Å². The summed E-state index contributed by atoms with van der Waals surface area (Å²) in [5, 5.41) is 12.2. The van der Waals surface area contributed by atoms with Crippen LogP contribution in [0.25, 0.3) is 0 Å². The maximum absolute atomic E-state index is 12.7. The minimum Gasteiger partial charge on any atom is -0.389 e. The first-order chi connectivity index (χ1) is 8.53. The molecule has 0 amide bonds. The number of anilines is 2. The molecule has 0 unspecified atom stereocenters. The van der Waals surface area contributed by atoms with Gasteiger partial charge in [0, 0.05) is 26.7 Å². The van der Waals surface area contributed by atoms with Gasteiger partial charge in [0.2, 0.25) is 5.82 Å². The fourth-order valence-electron chi connectivity index (χ4n) is 1.55. The van der Waals surface area contributed by atoms with E-state index in [2.05, 4.69) is 15.3 Å². The Hall–Kier alpha value is -1.57. The van der Waals surface area contributed by atoms with Gasteiger partial charge in [-0.2, -0.15) is 13.2 Å². The minimum absolute atomic E-state index is 0.0694. The molecule has 108 valence electrons. The summed E-state index contributed by atoms with van der Waals surface area (Å²) in [6, 6.07) is 1.39. The monoisotopic (exact) mass is 278 g/mol. The molecule has 0 aliphatic carbocycles. The number of aromatic nitrogens is 2. The zero-order chi connectivity index (χ0) is 14.8. The highest BCUT2D eigenvalue weighted by Gasteiger charge is 2.35. The van der Waals surface area contributed by atoms with Crippen molar-refractivity contribution in [1.82, 2.24) is 9.97 Å². The first-order valence-corrected chi connectivity index (χ1v) is 5.60. The average molecular weight is 278 g/mol. The van der Waals surface area contributed by atoms with Gasteiger partial charge in [-0.05, 0) is 13.8 Å². The van der Waals surface area contributed by atoms with E-state index in [1.807, 2.05) is 0 Å². The third-order valence-corrected chi connectivity index (χ3v) is 2.24. The Morgan fingerprint density at radius 2 is 1.89 bits per heavy atom. The molecular formula is C11H17F3N4O. The highest BCUT2D eigenvalue weighted by atomic mass is 19.4. The predicted octanol–water partition coefficient (Wildman–Crippen LogP) is 1.74. The van der Waals surface area contributed by atoms with Gasteiger partial charge in [-0.25, -0.2) is 9.97 Å². The van der Waals surface area contributed by atoms with E-state index in [9.17, 15) is 18.3 Å². The molecule has 1 aromatic heterocycles. The summed E-state index contributed by atoms with van der Waals surface area (Å²) in [6.45, 7) is 3.27. The Balaban J connectivity index is 3.13. The Bertz CT molecular complexity index is 443. The lowest BCUT2D eigenvalue weighted by atomic mass is 10.1. The molecule has 1 aromatic rings. The number of halogens is 3. The van der Waals surface area contributed by atoms with Crippen LogP contribution >= 0.6 is 0 Å². The van der Waals surface area contributed by atoms with Crippen molar-refractivity contribution in [1.29, 1.82) is 0 Å². The summed E-state index contributed by atoms with van der Waals surface area (Å²) in [7, 11) is 3.03. The largest absolute Gasteiger partial charge is 0.451 e. The van der Waals surface area contributed by atoms with Crippen LogP contribution in [0, 0.1) is 0 Å². The van der Waals surface area contributed by atoms with Crippen molar-refractivity contribution in [2.75, 3.05) is 30.9 Å². The highest BCUT2D eigenvalue weighted by Crippen LogP contribution is 2.29. The minimum atomic E-state index is -4.61. The molecular weight excluding hydrogens is 261 g/mol. The number of hydrogen-bond acceptors (Lipinski definition) is 5. The number of nitrogens with zero attached hydrogens (tertiary/aromatic N) is 3. The summed E-state index contributed by atoms with van der Waals surface area (Å²) in [5.74, 6) is -1.05. The van der Waals surface area contributed by atoms with Crippen molar-refractivity contribution < 1.29 is 18.3 Å². The van der Waals surface area contributed by atoms with Crippen LogP contribution in [0.2, 0.25) is 0 Å². The quantitative estimate of drug-likeness (QED) is 0.878. The lowest BCUT2D eigenvalue weighted by molar-refractivity contribution is -0.144. The van der Waals surface area contributed by atoms with Crippen molar-refractivity contribution >= 4 is 11.6 Å². The Morgan fingerprint density at radius 1 is 1.32 bits per heavy atom. The van der Waals surface area contributed by atoms with E-state index in [-0.39, 0.29) is 18.2 Å². The molecule has 0 aliphatic rings. The Labute approximate surface area is 109 Å². The number of alkyl halides is 3. The second-order valence-corrected chi connectivity index (χ2v) is 4.85. The van der Waals surface area contributed by atoms with E-state index in [1.54, 1.807) is 20.9 Å². The lowest BCUT2D eigenvalue weighted by Crippen LogP contribution is -2.37. The van der Waals surface area contributed by atoms with E-state index < -0.39 is 17.6 Å². The van der Waals surface area contributed by atoms with E-state index in [4.69, 9.17) is 0 Å². The van der Waals surface area contributed by atoms with Gasteiger partial charge in [-0.15, -0.1) is 0 Å². The smallest absolute Gasteiger partial charge is 0.389 e. The molecule has 19 heavy (non-hydrogen) atoms. The summed E-state index contributed by atoms with van der Waals surface area (Å²) in [4.78, 5) is 8.28. The molecule has 1 heterocycles. The van der Waals surface area contributed by atoms with Crippen LogP contribution in [-0.4, -0.2) is 41.3 Å². The zero-order valence-corrected chi connectivity index (χ0v) is 11.2. The van der Waals surface area contributed by atoms with Crippen molar-refractivity contribution in [2.24, 2.45) is 0 Å². The first-order valence-electron chi connectivity index (χ1n) is 5.60. The van der Waals surface area contributed by atoms with Crippen LogP contribution in [0.5, 0.6) is 0 Å². The van der Waals surface area contributed by atoms with E-state index in [0.717, 1.165) is 0 Å². The van der Waals surface area contributed by atoms with Gasteiger partial charge in [-0.3, -0.25) is 0 Å². The molecule has 5 nitrogen and oxygen atoms in total. The molecule has 0 saturated carbocycles. The molecule has 0 aliphatic heterocycles. The fraction of sp³-hybridized carbons (Fsp3) is 0.636. The van der Waals surface area contributed by atoms with Gasteiger partial charge in [0.05, 0.1) is 5.60 Å². The lowest BCUT2D eigenvalue weighted by Gasteiger charge is -2.26. The molecule has 0 spiro atoms. The van der Waals surface area contributed by atoms with Crippen LogP contribution in [-0.2, 0) is 6.18 Å². The second-order valence-electron chi connectivity index (χ2n) is 4.85. The third-order valence-electron chi connectivity index (χ3n) is 2.24. The number of hydrogen-bond donors (Lipinski definition) is 2. The van der Waals surface area contributed by atoms with Crippen molar-refractivity contribution in [3.8, 4) is 0 Å². The van der Waals surface area contributed by atoms with E-state index >= 15 is 0 Å². The fourth-order valence-corrected chi connectivity index (χ4v) is 1.55. The molecule has 8 heteroatoms.